The molecule has 1 aromatic rings. The third-order valence-corrected chi connectivity index (χ3v) is 7.26. The first-order valence-corrected chi connectivity index (χ1v) is 11.9. The quantitative estimate of drug-likeness (QED) is 0.372. The van der Waals surface area contributed by atoms with E-state index in [9.17, 15) is 19.2 Å². The summed E-state index contributed by atoms with van der Waals surface area (Å²) in [5.74, 6) is -2.67. The van der Waals surface area contributed by atoms with E-state index in [0.717, 1.165) is 41.0 Å². The number of aryl methyl sites for hydroxylation is 2. The minimum Gasteiger partial charge on any atom is -0.454 e. The predicted octanol–water partition coefficient (Wildman–Crippen LogP) is 3.12. The zero-order valence-electron chi connectivity index (χ0n) is 19.7. The molecule has 1 N–H and O–H groups in total. The SMILES string of the molecule is CCc1cccc(CC)c1NC(=O)COC(=O)[C@H](C(C)C)N1C(=O)[C@@H]2[C@H](C1=O)[C@H]1C=C[C@H]2C1. The van der Waals surface area contributed by atoms with Gasteiger partial charge in [0.2, 0.25) is 11.8 Å². The average Bonchev–Trinajstić information content (AvgIpc) is 3.47. The molecule has 176 valence electrons. The predicted molar refractivity (Wildman–Crippen MR) is 123 cm³/mol. The van der Waals surface area contributed by atoms with Crippen molar-refractivity contribution >= 4 is 29.4 Å². The van der Waals surface area contributed by atoms with Crippen LogP contribution in [0.1, 0.15) is 45.2 Å². The molecule has 2 aliphatic carbocycles. The first kappa shape index (κ1) is 23.2. The number of fused-ring (bicyclic) bond motifs is 5. The Morgan fingerprint density at radius 1 is 1.03 bits per heavy atom. The van der Waals surface area contributed by atoms with Crippen LogP contribution in [0.5, 0.6) is 0 Å². The van der Waals surface area contributed by atoms with Crippen molar-refractivity contribution in [2.75, 3.05) is 11.9 Å². The van der Waals surface area contributed by atoms with Crippen LogP contribution in [0, 0.1) is 29.6 Å². The number of hydrogen-bond donors (Lipinski definition) is 1. The van der Waals surface area contributed by atoms with Crippen molar-refractivity contribution in [3.8, 4) is 0 Å². The number of para-hydroxylation sites is 1. The second kappa shape index (κ2) is 9.12. The number of benzene rings is 1. The summed E-state index contributed by atoms with van der Waals surface area (Å²) in [7, 11) is 0. The zero-order valence-corrected chi connectivity index (χ0v) is 19.7. The number of amides is 3. The summed E-state index contributed by atoms with van der Waals surface area (Å²) in [6.07, 6.45) is 6.39. The Morgan fingerprint density at radius 2 is 1.58 bits per heavy atom. The number of carbonyl (C=O) groups is 4. The number of imide groups is 1. The van der Waals surface area contributed by atoms with Crippen LogP contribution < -0.4 is 5.32 Å². The molecule has 1 saturated heterocycles. The fourth-order valence-corrected chi connectivity index (χ4v) is 5.68. The highest BCUT2D eigenvalue weighted by atomic mass is 16.5. The van der Waals surface area contributed by atoms with Gasteiger partial charge in [-0.05, 0) is 48.1 Å². The van der Waals surface area contributed by atoms with Crippen molar-refractivity contribution in [2.45, 2.75) is 53.0 Å². The normalized spacial score (nSPS) is 26.2. The number of likely N-dealkylation sites (tertiary alicyclic amines) is 1. The lowest BCUT2D eigenvalue weighted by molar-refractivity contribution is -0.162. The van der Waals surface area contributed by atoms with Crippen LogP contribution in [-0.2, 0) is 36.8 Å². The second-order valence-corrected chi connectivity index (χ2v) is 9.55. The van der Waals surface area contributed by atoms with Crippen LogP contribution in [0.3, 0.4) is 0 Å². The van der Waals surface area contributed by atoms with Crippen molar-refractivity contribution in [3.05, 3.63) is 41.5 Å². The summed E-state index contributed by atoms with van der Waals surface area (Å²) in [6.45, 7) is 7.11. The van der Waals surface area contributed by atoms with Crippen LogP contribution in [0.4, 0.5) is 5.69 Å². The number of nitrogens with one attached hydrogen (secondary N) is 1. The van der Waals surface area contributed by atoms with Crippen molar-refractivity contribution < 1.29 is 23.9 Å². The van der Waals surface area contributed by atoms with Crippen molar-refractivity contribution in [1.29, 1.82) is 0 Å². The average molecular weight is 453 g/mol. The summed E-state index contributed by atoms with van der Waals surface area (Å²) >= 11 is 0. The van der Waals surface area contributed by atoms with Crippen molar-refractivity contribution in [3.63, 3.8) is 0 Å². The van der Waals surface area contributed by atoms with Crippen LogP contribution >= 0.6 is 0 Å². The first-order chi connectivity index (χ1) is 15.8. The molecule has 3 amide bonds. The fraction of sp³-hybridized carbons (Fsp3) is 0.538. The molecule has 0 unspecified atom stereocenters. The second-order valence-electron chi connectivity index (χ2n) is 9.55. The standard InChI is InChI=1S/C26H32N2O5/c1-5-15-8-7-9-16(6-2)22(15)27-19(29)13-33-26(32)23(14(3)4)28-24(30)20-17-10-11-18(12-17)21(20)25(28)31/h7-11,14,17-18,20-21,23H,5-6,12-13H2,1-4H3,(H,27,29)/t17-,18-,20-,21+,23-/m0/s1. The van der Waals surface area contributed by atoms with Gasteiger partial charge in [0.05, 0.1) is 11.8 Å². The van der Waals surface area contributed by atoms with Gasteiger partial charge in [0.1, 0.15) is 6.04 Å². The van der Waals surface area contributed by atoms with E-state index in [-0.39, 0.29) is 41.4 Å². The number of allylic oxidation sites excluding steroid dienone is 2. The Morgan fingerprint density at radius 3 is 2.06 bits per heavy atom. The van der Waals surface area contributed by atoms with Gasteiger partial charge in [-0.2, -0.15) is 0 Å². The van der Waals surface area contributed by atoms with Gasteiger partial charge < -0.3 is 10.1 Å². The highest BCUT2D eigenvalue weighted by Crippen LogP contribution is 2.53. The number of carbonyl (C=O) groups excluding carboxylic acids is 4. The van der Waals surface area contributed by atoms with Crippen LogP contribution in [0.15, 0.2) is 30.4 Å². The van der Waals surface area contributed by atoms with E-state index in [4.69, 9.17) is 4.74 Å². The summed E-state index contributed by atoms with van der Waals surface area (Å²) in [5, 5.41) is 2.87. The van der Waals surface area contributed by atoms with E-state index >= 15 is 0 Å². The maximum absolute atomic E-state index is 13.1. The van der Waals surface area contributed by atoms with Gasteiger partial charge in [-0.25, -0.2) is 4.79 Å². The van der Waals surface area contributed by atoms with Crippen LogP contribution in [0.25, 0.3) is 0 Å². The largest absolute Gasteiger partial charge is 0.454 e. The minimum absolute atomic E-state index is 0.0717. The monoisotopic (exact) mass is 452 g/mol. The lowest BCUT2D eigenvalue weighted by atomic mass is 9.85. The van der Waals surface area contributed by atoms with Crippen LogP contribution in [-0.4, -0.2) is 41.2 Å². The number of hydrogen-bond acceptors (Lipinski definition) is 5. The molecule has 4 rings (SSSR count). The van der Waals surface area contributed by atoms with E-state index in [1.165, 1.54) is 0 Å². The van der Waals surface area contributed by atoms with E-state index in [0.29, 0.717) is 0 Å². The summed E-state index contributed by atoms with van der Waals surface area (Å²) < 4.78 is 5.33. The third-order valence-electron chi connectivity index (χ3n) is 7.26. The maximum atomic E-state index is 13.1. The van der Waals surface area contributed by atoms with Gasteiger partial charge in [0, 0.05) is 5.69 Å². The van der Waals surface area contributed by atoms with Crippen molar-refractivity contribution in [2.24, 2.45) is 29.6 Å². The molecule has 7 heteroatoms. The Hall–Kier alpha value is -2.96. The molecule has 7 nitrogen and oxygen atoms in total. The molecule has 0 radical (unpaired) electrons. The van der Waals surface area contributed by atoms with Gasteiger partial charge in [-0.15, -0.1) is 0 Å². The van der Waals surface area contributed by atoms with Gasteiger partial charge in [0.15, 0.2) is 6.61 Å². The molecule has 1 aromatic carbocycles. The minimum atomic E-state index is -1.03. The Balaban J connectivity index is 1.44. The van der Waals surface area contributed by atoms with Gasteiger partial charge in [-0.3, -0.25) is 19.3 Å². The summed E-state index contributed by atoms with van der Waals surface area (Å²) in [4.78, 5) is 53.0. The molecule has 0 aromatic heterocycles. The first-order valence-electron chi connectivity index (χ1n) is 11.9. The molecular weight excluding hydrogens is 420 g/mol. The maximum Gasteiger partial charge on any atom is 0.330 e. The van der Waals surface area contributed by atoms with Gasteiger partial charge >= 0.3 is 5.97 Å². The van der Waals surface area contributed by atoms with E-state index in [1.54, 1.807) is 13.8 Å². The Labute approximate surface area is 194 Å². The zero-order chi connectivity index (χ0) is 23.9. The highest BCUT2D eigenvalue weighted by Gasteiger charge is 2.61. The molecule has 1 aliphatic heterocycles. The molecule has 3 aliphatic rings. The molecular formula is C26H32N2O5. The number of esters is 1. The molecule has 2 fully saturated rings. The molecule has 2 bridgehead atoms. The summed E-state index contributed by atoms with van der Waals surface area (Å²) in [5.41, 5.74) is 2.78. The lowest BCUT2D eigenvalue weighted by Crippen LogP contribution is -2.50. The van der Waals surface area contributed by atoms with E-state index in [2.05, 4.69) is 5.32 Å². The van der Waals surface area contributed by atoms with Gasteiger partial charge in [-0.1, -0.05) is 58.0 Å². The molecule has 5 atom stereocenters. The number of rotatable bonds is 8. The lowest BCUT2D eigenvalue weighted by Gasteiger charge is -2.28. The Kier molecular flexibility index (Phi) is 6.41. The molecule has 33 heavy (non-hydrogen) atoms. The molecule has 1 saturated carbocycles. The van der Waals surface area contributed by atoms with Crippen LogP contribution in [0.2, 0.25) is 0 Å². The molecule has 0 spiro atoms. The smallest absolute Gasteiger partial charge is 0.330 e. The van der Waals surface area contributed by atoms with Gasteiger partial charge in [0.25, 0.3) is 5.91 Å². The van der Waals surface area contributed by atoms with E-state index in [1.807, 2.05) is 44.2 Å². The van der Waals surface area contributed by atoms with Crippen molar-refractivity contribution in [1.82, 2.24) is 4.90 Å². The number of nitrogens with zero attached hydrogens (tertiary/aromatic N) is 1. The highest BCUT2D eigenvalue weighted by molar-refractivity contribution is 6.09. The fourth-order valence-electron chi connectivity index (χ4n) is 5.68. The summed E-state index contributed by atoms with van der Waals surface area (Å²) in [6, 6.07) is 4.84. The Bertz CT molecular complexity index is 962. The van der Waals surface area contributed by atoms with E-state index < -0.39 is 24.5 Å². The number of ether oxygens (including phenoxy) is 1. The number of anilines is 1. The molecule has 1 heterocycles. The third kappa shape index (κ3) is 3.98. The topological polar surface area (TPSA) is 92.8 Å².